The van der Waals surface area contributed by atoms with E-state index in [-0.39, 0.29) is 18.3 Å². The number of nitrogens with zero attached hydrogens (tertiary/aromatic N) is 4. The molecule has 9 heteroatoms. The number of halogens is 3. The molecule has 0 atom stereocenters. The van der Waals surface area contributed by atoms with Gasteiger partial charge in [-0.3, -0.25) is 14.3 Å². The van der Waals surface area contributed by atoms with E-state index in [9.17, 15) is 13.6 Å². The number of hydrogen-bond donors (Lipinski definition) is 1. The van der Waals surface area contributed by atoms with E-state index in [4.69, 9.17) is 0 Å². The second-order valence-electron chi connectivity index (χ2n) is 4.72. The molecule has 6 nitrogen and oxygen atoms in total. The smallest absolute Gasteiger partial charge is 0.319 e. The van der Waals surface area contributed by atoms with Gasteiger partial charge in [0.15, 0.2) is 0 Å². The lowest BCUT2D eigenvalue weighted by Crippen LogP contribution is -2.50. The van der Waals surface area contributed by atoms with Crippen LogP contribution in [0.3, 0.4) is 0 Å². The average molecular weight is 324 g/mol. The van der Waals surface area contributed by atoms with Crippen LogP contribution in [0.2, 0.25) is 0 Å². The molecule has 0 spiro atoms. The Bertz CT molecular complexity index is 449. The molecule has 0 radical (unpaired) electrons. The van der Waals surface area contributed by atoms with Gasteiger partial charge in [-0.2, -0.15) is 8.78 Å². The molecule has 1 aromatic heterocycles. The van der Waals surface area contributed by atoms with E-state index in [1.54, 1.807) is 11.9 Å². The van der Waals surface area contributed by atoms with Gasteiger partial charge in [0.25, 0.3) is 0 Å². The summed E-state index contributed by atoms with van der Waals surface area (Å²) in [5, 5.41) is 2.83. The van der Waals surface area contributed by atoms with Crippen molar-refractivity contribution in [2.45, 2.75) is 13.1 Å². The molecule has 21 heavy (non-hydrogen) atoms. The van der Waals surface area contributed by atoms with Gasteiger partial charge in [0.05, 0.1) is 13.1 Å². The van der Waals surface area contributed by atoms with Gasteiger partial charge in [0.1, 0.15) is 5.82 Å². The number of alkyl halides is 2. The normalized spacial score (nSPS) is 16.1. The van der Waals surface area contributed by atoms with Crippen molar-refractivity contribution in [1.29, 1.82) is 0 Å². The van der Waals surface area contributed by atoms with Crippen LogP contribution in [0, 0.1) is 0 Å². The SMILES string of the molecule is CNCC(=O)N1CCN(Cc2nccn2C(F)F)CC1.Cl. The number of likely N-dealkylation sites (N-methyl/N-ethyl adjacent to an activating group) is 1. The molecule has 2 heterocycles. The Morgan fingerprint density at radius 1 is 1.38 bits per heavy atom. The Morgan fingerprint density at radius 2 is 2.05 bits per heavy atom. The summed E-state index contributed by atoms with van der Waals surface area (Å²) in [7, 11) is 1.73. The summed E-state index contributed by atoms with van der Waals surface area (Å²) < 4.78 is 26.3. The highest BCUT2D eigenvalue weighted by atomic mass is 35.5. The zero-order chi connectivity index (χ0) is 14.5. The second-order valence-corrected chi connectivity index (χ2v) is 4.72. The molecular weight excluding hydrogens is 304 g/mol. The predicted octanol–water partition coefficient (Wildman–Crippen LogP) is 0.564. The number of rotatable bonds is 5. The highest BCUT2D eigenvalue weighted by Crippen LogP contribution is 2.14. The number of nitrogens with one attached hydrogen (secondary N) is 1. The van der Waals surface area contributed by atoms with Crippen molar-refractivity contribution in [3.8, 4) is 0 Å². The molecule has 0 saturated carbocycles. The number of carbonyl (C=O) groups is 1. The topological polar surface area (TPSA) is 53.4 Å². The first-order valence-electron chi connectivity index (χ1n) is 6.56. The summed E-state index contributed by atoms with van der Waals surface area (Å²) in [5.74, 6) is 0.427. The van der Waals surface area contributed by atoms with Gasteiger partial charge < -0.3 is 10.2 Å². The molecule has 1 aromatic rings. The van der Waals surface area contributed by atoms with Gasteiger partial charge in [-0.15, -0.1) is 12.4 Å². The first kappa shape index (κ1) is 17.8. The van der Waals surface area contributed by atoms with Gasteiger partial charge in [0.2, 0.25) is 5.91 Å². The summed E-state index contributed by atoms with van der Waals surface area (Å²) in [5.41, 5.74) is 0. The number of aromatic nitrogens is 2. The third-order valence-corrected chi connectivity index (χ3v) is 3.38. The molecule has 0 aromatic carbocycles. The highest BCUT2D eigenvalue weighted by molar-refractivity contribution is 5.85. The molecule has 1 aliphatic rings. The molecule has 1 fully saturated rings. The van der Waals surface area contributed by atoms with Crippen LogP contribution in [0.4, 0.5) is 8.78 Å². The number of piperazine rings is 1. The quantitative estimate of drug-likeness (QED) is 0.860. The summed E-state index contributed by atoms with van der Waals surface area (Å²) in [6.07, 6.45) is 2.67. The number of imidazole rings is 1. The molecule has 120 valence electrons. The largest absolute Gasteiger partial charge is 0.339 e. The fraction of sp³-hybridized carbons (Fsp3) is 0.667. The van der Waals surface area contributed by atoms with Gasteiger partial charge in [-0.05, 0) is 7.05 Å². The van der Waals surface area contributed by atoms with Gasteiger partial charge in [0, 0.05) is 38.6 Å². The summed E-state index contributed by atoms with van der Waals surface area (Å²) >= 11 is 0. The number of carbonyl (C=O) groups excluding carboxylic acids is 1. The van der Waals surface area contributed by atoms with Crippen LogP contribution in [0.5, 0.6) is 0 Å². The van der Waals surface area contributed by atoms with Crippen molar-refractivity contribution < 1.29 is 13.6 Å². The van der Waals surface area contributed by atoms with Crippen molar-refractivity contribution in [3.63, 3.8) is 0 Å². The number of hydrogen-bond acceptors (Lipinski definition) is 4. The summed E-state index contributed by atoms with van der Waals surface area (Å²) in [6, 6.07) is 0. The Hall–Kier alpha value is -1.25. The second kappa shape index (κ2) is 8.26. The van der Waals surface area contributed by atoms with Crippen LogP contribution in [0.25, 0.3) is 0 Å². The Labute approximate surface area is 128 Å². The predicted molar refractivity (Wildman–Crippen MR) is 76.5 cm³/mol. The van der Waals surface area contributed by atoms with Crippen molar-refractivity contribution in [3.05, 3.63) is 18.2 Å². The maximum atomic E-state index is 12.7. The van der Waals surface area contributed by atoms with Crippen LogP contribution in [0.1, 0.15) is 12.4 Å². The van der Waals surface area contributed by atoms with E-state index in [0.29, 0.717) is 45.1 Å². The lowest BCUT2D eigenvalue weighted by atomic mass is 10.3. The first-order chi connectivity index (χ1) is 9.61. The van der Waals surface area contributed by atoms with Crippen molar-refractivity contribution in [2.24, 2.45) is 0 Å². The Morgan fingerprint density at radius 3 is 2.62 bits per heavy atom. The molecule has 0 unspecified atom stereocenters. The zero-order valence-corrected chi connectivity index (χ0v) is 12.7. The molecule has 1 saturated heterocycles. The van der Waals surface area contributed by atoms with E-state index in [1.807, 2.05) is 4.90 Å². The minimum atomic E-state index is -2.56. The van der Waals surface area contributed by atoms with Crippen LogP contribution in [0.15, 0.2) is 12.4 Å². The maximum absolute atomic E-state index is 12.7. The van der Waals surface area contributed by atoms with Crippen LogP contribution in [-0.4, -0.2) is 65.0 Å². The van der Waals surface area contributed by atoms with Gasteiger partial charge in [-0.25, -0.2) is 4.98 Å². The molecular formula is C12H20ClF2N5O. The summed E-state index contributed by atoms with van der Waals surface area (Å²) in [6.45, 7) is 0.732. The minimum absolute atomic E-state index is 0. The van der Waals surface area contributed by atoms with E-state index >= 15 is 0 Å². The van der Waals surface area contributed by atoms with Gasteiger partial charge in [-0.1, -0.05) is 0 Å². The van der Waals surface area contributed by atoms with Crippen LogP contribution >= 0.6 is 12.4 Å². The summed E-state index contributed by atoms with van der Waals surface area (Å²) in [4.78, 5) is 19.5. The van der Waals surface area contributed by atoms with E-state index < -0.39 is 6.55 Å². The maximum Gasteiger partial charge on any atom is 0.319 e. The van der Waals surface area contributed by atoms with E-state index in [2.05, 4.69) is 10.3 Å². The zero-order valence-electron chi connectivity index (χ0n) is 11.8. The van der Waals surface area contributed by atoms with E-state index in [1.165, 1.54) is 12.4 Å². The fourth-order valence-electron chi connectivity index (χ4n) is 2.26. The van der Waals surface area contributed by atoms with E-state index in [0.717, 1.165) is 4.57 Å². The Kier molecular flexibility index (Phi) is 7.00. The molecule has 2 rings (SSSR count). The lowest BCUT2D eigenvalue weighted by molar-refractivity contribution is -0.131. The lowest BCUT2D eigenvalue weighted by Gasteiger charge is -2.34. The van der Waals surface area contributed by atoms with Crippen LogP contribution < -0.4 is 5.32 Å². The third kappa shape index (κ3) is 4.62. The van der Waals surface area contributed by atoms with Crippen molar-refractivity contribution in [2.75, 3.05) is 39.8 Å². The molecule has 0 bridgehead atoms. The fourth-order valence-corrected chi connectivity index (χ4v) is 2.26. The molecule has 1 N–H and O–H groups in total. The van der Waals surface area contributed by atoms with Gasteiger partial charge >= 0.3 is 6.55 Å². The monoisotopic (exact) mass is 323 g/mol. The highest BCUT2D eigenvalue weighted by Gasteiger charge is 2.22. The molecule has 0 aliphatic carbocycles. The third-order valence-electron chi connectivity index (χ3n) is 3.38. The Balaban J connectivity index is 0.00000220. The van der Waals surface area contributed by atoms with Crippen molar-refractivity contribution in [1.82, 2.24) is 24.7 Å². The first-order valence-corrected chi connectivity index (χ1v) is 6.56. The standard InChI is InChI=1S/C12H19F2N5O.ClH/c1-15-8-11(20)18-6-4-17(5-7-18)9-10-16-2-3-19(10)12(13)14;/h2-3,12,15H,4-9H2,1H3;1H. The van der Waals surface area contributed by atoms with Crippen LogP contribution in [-0.2, 0) is 11.3 Å². The average Bonchev–Trinajstić information content (AvgIpc) is 2.88. The number of amides is 1. The minimum Gasteiger partial charge on any atom is -0.339 e. The van der Waals surface area contributed by atoms with Crippen molar-refractivity contribution >= 4 is 18.3 Å². The molecule has 1 amide bonds. The molecule has 1 aliphatic heterocycles.